The molecule has 0 aliphatic heterocycles. The van der Waals surface area contributed by atoms with Crippen LogP contribution in [0.3, 0.4) is 0 Å². The predicted octanol–water partition coefficient (Wildman–Crippen LogP) is 3.61. The zero-order valence-corrected chi connectivity index (χ0v) is 11.4. The molecule has 1 aromatic heterocycles. The zero-order chi connectivity index (χ0) is 13.7. The van der Waals surface area contributed by atoms with E-state index < -0.39 is 0 Å². The number of aryl methyl sites for hydroxylation is 2. The van der Waals surface area contributed by atoms with Gasteiger partial charge < -0.3 is 5.32 Å². The molecule has 98 valence electrons. The lowest BCUT2D eigenvalue weighted by Gasteiger charge is -2.06. The number of benzene rings is 1. The summed E-state index contributed by atoms with van der Waals surface area (Å²) in [7, 11) is 0. The molecule has 2 aromatic rings. The maximum absolute atomic E-state index is 11.8. The van der Waals surface area contributed by atoms with Gasteiger partial charge in [-0.05, 0) is 25.0 Å². The van der Waals surface area contributed by atoms with Crippen LogP contribution in [0.25, 0.3) is 0 Å². The first kappa shape index (κ1) is 13.6. The van der Waals surface area contributed by atoms with Crippen molar-refractivity contribution in [1.82, 2.24) is 4.98 Å². The predicted molar refractivity (Wildman–Crippen MR) is 77.4 cm³/mol. The fourth-order valence-corrected chi connectivity index (χ4v) is 1.96. The summed E-state index contributed by atoms with van der Waals surface area (Å²) in [6, 6.07) is 9.80. The highest BCUT2D eigenvalue weighted by Gasteiger charge is 2.06. The Morgan fingerprint density at radius 1 is 1.37 bits per heavy atom. The van der Waals surface area contributed by atoms with Crippen LogP contribution in [-0.4, -0.2) is 10.9 Å². The minimum absolute atomic E-state index is 0.0589. The zero-order valence-electron chi connectivity index (χ0n) is 10.7. The highest BCUT2D eigenvalue weighted by Crippen LogP contribution is 2.19. The van der Waals surface area contributed by atoms with Crippen molar-refractivity contribution in [3.05, 3.63) is 58.9 Å². The van der Waals surface area contributed by atoms with E-state index in [-0.39, 0.29) is 5.91 Å². The number of rotatable bonds is 4. The average Bonchev–Trinajstić information content (AvgIpc) is 2.39. The molecule has 0 bridgehead atoms. The van der Waals surface area contributed by atoms with Gasteiger partial charge in [-0.25, -0.2) is 0 Å². The summed E-state index contributed by atoms with van der Waals surface area (Å²) in [5.74, 6) is -0.0589. The van der Waals surface area contributed by atoms with Crippen LogP contribution in [0, 0.1) is 6.92 Å². The summed E-state index contributed by atoms with van der Waals surface area (Å²) in [5, 5.41) is 3.26. The van der Waals surface area contributed by atoms with E-state index in [1.165, 1.54) is 5.56 Å². The number of pyridine rings is 1. The second-order valence-electron chi connectivity index (χ2n) is 4.39. The Hall–Kier alpha value is -1.87. The third-order valence-corrected chi connectivity index (χ3v) is 3.09. The summed E-state index contributed by atoms with van der Waals surface area (Å²) >= 11 is 5.95. The third-order valence-electron chi connectivity index (χ3n) is 2.77. The minimum atomic E-state index is -0.0589. The quantitative estimate of drug-likeness (QED) is 0.925. The van der Waals surface area contributed by atoms with Gasteiger partial charge in [0.2, 0.25) is 5.91 Å². The maximum atomic E-state index is 11.8. The van der Waals surface area contributed by atoms with Gasteiger partial charge in [0.25, 0.3) is 0 Å². The second kappa shape index (κ2) is 6.34. The van der Waals surface area contributed by atoms with Gasteiger partial charge in [-0.3, -0.25) is 9.78 Å². The number of amides is 1. The van der Waals surface area contributed by atoms with E-state index in [9.17, 15) is 4.79 Å². The van der Waals surface area contributed by atoms with Crippen molar-refractivity contribution in [3.63, 3.8) is 0 Å². The number of hydrogen-bond donors (Lipinski definition) is 1. The van der Waals surface area contributed by atoms with Gasteiger partial charge in [0, 0.05) is 12.6 Å². The number of aromatic nitrogens is 1. The molecule has 0 radical (unpaired) electrons. The summed E-state index contributed by atoms with van der Waals surface area (Å²) in [5.41, 5.74) is 2.92. The first-order valence-electron chi connectivity index (χ1n) is 6.10. The lowest BCUT2D eigenvalue weighted by atomic mass is 10.1. The molecule has 1 aromatic carbocycles. The SMILES string of the molecule is Cc1cccc(CCC(=O)Nc2cnccc2Cl)c1. The van der Waals surface area contributed by atoms with Crippen LogP contribution >= 0.6 is 11.6 Å². The molecule has 1 N–H and O–H groups in total. The number of hydrogen-bond acceptors (Lipinski definition) is 2. The third kappa shape index (κ3) is 4.07. The van der Waals surface area contributed by atoms with Crippen LogP contribution in [0.15, 0.2) is 42.7 Å². The van der Waals surface area contributed by atoms with E-state index in [0.717, 1.165) is 5.56 Å². The van der Waals surface area contributed by atoms with Gasteiger partial charge in [0.05, 0.1) is 16.9 Å². The van der Waals surface area contributed by atoms with E-state index in [1.54, 1.807) is 18.5 Å². The van der Waals surface area contributed by atoms with Gasteiger partial charge >= 0.3 is 0 Å². The second-order valence-corrected chi connectivity index (χ2v) is 4.80. The van der Waals surface area contributed by atoms with Crippen molar-refractivity contribution >= 4 is 23.2 Å². The van der Waals surface area contributed by atoms with E-state index >= 15 is 0 Å². The van der Waals surface area contributed by atoms with Crippen LogP contribution in [0.4, 0.5) is 5.69 Å². The van der Waals surface area contributed by atoms with Gasteiger partial charge in [0.15, 0.2) is 0 Å². The van der Waals surface area contributed by atoms with Gasteiger partial charge in [-0.15, -0.1) is 0 Å². The molecule has 0 saturated heterocycles. The molecule has 2 rings (SSSR count). The standard InChI is InChI=1S/C15H15ClN2O/c1-11-3-2-4-12(9-11)5-6-15(19)18-14-10-17-8-7-13(14)16/h2-4,7-10H,5-6H2,1H3,(H,18,19). The van der Waals surface area contributed by atoms with Crippen LogP contribution in [0.1, 0.15) is 17.5 Å². The number of nitrogens with zero attached hydrogens (tertiary/aromatic N) is 1. The van der Waals surface area contributed by atoms with E-state index in [4.69, 9.17) is 11.6 Å². The topological polar surface area (TPSA) is 42.0 Å². The largest absolute Gasteiger partial charge is 0.323 e. The molecule has 0 fully saturated rings. The minimum Gasteiger partial charge on any atom is -0.323 e. The summed E-state index contributed by atoms with van der Waals surface area (Å²) in [6.45, 7) is 2.04. The smallest absolute Gasteiger partial charge is 0.224 e. The molecule has 0 saturated carbocycles. The Bertz CT molecular complexity index is 584. The molecule has 19 heavy (non-hydrogen) atoms. The molecule has 0 aliphatic carbocycles. The van der Waals surface area contributed by atoms with E-state index in [1.807, 2.05) is 25.1 Å². The van der Waals surface area contributed by atoms with Gasteiger partial charge in [0.1, 0.15) is 0 Å². The van der Waals surface area contributed by atoms with Crippen molar-refractivity contribution in [2.75, 3.05) is 5.32 Å². The normalized spacial score (nSPS) is 10.2. The van der Waals surface area contributed by atoms with Crippen molar-refractivity contribution in [2.45, 2.75) is 19.8 Å². The molecular weight excluding hydrogens is 260 g/mol. The maximum Gasteiger partial charge on any atom is 0.224 e. The first-order valence-corrected chi connectivity index (χ1v) is 6.48. The van der Waals surface area contributed by atoms with Crippen molar-refractivity contribution in [2.24, 2.45) is 0 Å². The number of carbonyl (C=O) groups excluding carboxylic acids is 1. The Labute approximate surface area is 117 Å². The molecule has 0 spiro atoms. The number of nitrogens with one attached hydrogen (secondary N) is 1. The first-order chi connectivity index (χ1) is 9.15. The average molecular weight is 275 g/mol. The number of anilines is 1. The van der Waals surface area contributed by atoms with E-state index in [2.05, 4.69) is 16.4 Å². The van der Waals surface area contributed by atoms with E-state index in [0.29, 0.717) is 23.6 Å². The van der Waals surface area contributed by atoms with Crippen LogP contribution < -0.4 is 5.32 Å². The molecule has 0 aliphatic rings. The van der Waals surface area contributed by atoms with Gasteiger partial charge in [-0.1, -0.05) is 41.4 Å². The monoisotopic (exact) mass is 274 g/mol. The highest BCUT2D eigenvalue weighted by atomic mass is 35.5. The van der Waals surface area contributed by atoms with Crippen molar-refractivity contribution in [3.8, 4) is 0 Å². The highest BCUT2D eigenvalue weighted by molar-refractivity contribution is 6.33. The molecule has 0 atom stereocenters. The lowest BCUT2D eigenvalue weighted by molar-refractivity contribution is -0.116. The molecular formula is C15H15ClN2O. The van der Waals surface area contributed by atoms with Crippen molar-refractivity contribution in [1.29, 1.82) is 0 Å². The van der Waals surface area contributed by atoms with Crippen LogP contribution in [0.5, 0.6) is 0 Å². The molecule has 1 heterocycles. The van der Waals surface area contributed by atoms with Gasteiger partial charge in [-0.2, -0.15) is 0 Å². The van der Waals surface area contributed by atoms with Crippen LogP contribution in [-0.2, 0) is 11.2 Å². The molecule has 1 amide bonds. The van der Waals surface area contributed by atoms with Crippen molar-refractivity contribution < 1.29 is 4.79 Å². The van der Waals surface area contributed by atoms with Crippen LogP contribution in [0.2, 0.25) is 5.02 Å². The summed E-state index contributed by atoms with van der Waals surface area (Å²) in [6.07, 6.45) is 4.28. The Morgan fingerprint density at radius 3 is 2.95 bits per heavy atom. The summed E-state index contributed by atoms with van der Waals surface area (Å²) < 4.78 is 0. The Morgan fingerprint density at radius 2 is 2.21 bits per heavy atom. The number of halogens is 1. The molecule has 4 heteroatoms. The fourth-order valence-electron chi connectivity index (χ4n) is 1.81. The number of carbonyl (C=O) groups is 1. The lowest BCUT2D eigenvalue weighted by Crippen LogP contribution is -2.12. The Balaban J connectivity index is 1.90. The molecule has 0 unspecified atom stereocenters. The molecule has 3 nitrogen and oxygen atoms in total. The fraction of sp³-hybridized carbons (Fsp3) is 0.200. The Kier molecular flexibility index (Phi) is 4.53. The summed E-state index contributed by atoms with van der Waals surface area (Å²) in [4.78, 5) is 15.8.